The van der Waals surface area contributed by atoms with Gasteiger partial charge in [0, 0.05) is 37.4 Å². The smallest absolute Gasteiger partial charge is 0.410 e. The summed E-state index contributed by atoms with van der Waals surface area (Å²) in [6.45, 7) is 6.37. The van der Waals surface area contributed by atoms with Gasteiger partial charge in [-0.15, -0.1) is 0 Å². The molecule has 1 saturated carbocycles. The average Bonchev–Trinajstić information content (AvgIpc) is 3.30. The van der Waals surface area contributed by atoms with E-state index >= 15 is 0 Å². The van der Waals surface area contributed by atoms with Crippen molar-refractivity contribution in [3.8, 4) is 0 Å². The Morgan fingerprint density at radius 1 is 1.13 bits per heavy atom. The van der Waals surface area contributed by atoms with E-state index in [0.717, 1.165) is 21.8 Å². The van der Waals surface area contributed by atoms with Gasteiger partial charge in [-0.3, -0.25) is 0 Å². The van der Waals surface area contributed by atoms with E-state index in [1.165, 1.54) is 6.42 Å². The van der Waals surface area contributed by atoms with Crippen LogP contribution >= 0.6 is 43.5 Å². The van der Waals surface area contributed by atoms with Crippen molar-refractivity contribution in [2.24, 2.45) is 5.92 Å². The van der Waals surface area contributed by atoms with Gasteiger partial charge in [-0.1, -0.05) is 0 Å². The molecule has 168 valence electrons. The number of aromatic nitrogens is 4. The number of halogens is 3. The minimum atomic E-state index is -0.467. The molecule has 0 unspecified atom stereocenters. The number of carbonyl (C=O) groups excluding carboxylic acids is 1. The Labute approximate surface area is 203 Å². The van der Waals surface area contributed by atoms with Crippen molar-refractivity contribution in [1.29, 1.82) is 0 Å². The molecule has 1 aliphatic carbocycles. The summed E-state index contributed by atoms with van der Waals surface area (Å²) in [7, 11) is 0. The monoisotopic (exact) mass is 574 g/mol. The Kier molecular flexibility index (Phi) is 8.09. The molecule has 31 heavy (non-hydrogen) atoms. The van der Waals surface area contributed by atoms with Crippen LogP contribution in [-0.2, 0) is 4.74 Å². The van der Waals surface area contributed by atoms with Gasteiger partial charge in [0.15, 0.2) is 0 Å². The van der Waals surface area contributed by atoms with Gasteiger partial charge in [-0.2, -0.15) is 0 Å². The number of ether oxygens (including phenoxy) is 1. The Morgan fingerprint density at radius 3 is 2.26 bits per heavy atom. The molecule has 3 atom stereocenters. The van der Waals surface area contributed by atoms with E-state index in [9.17, 15) is 4.79 Å². The molecule has 2 aromatic rings. The van der Waals surface area contributed by atoms with Crippen LogP contribution in [0.4, 0.5) is 10.7 Å². The van der Waals surface area contributed by atoms with Crippen molar-refractivity contribution >= 4 is 55.5 Å². The molecule has 4 rings (SSSR count). The highest BCUT2D eigenvalue weighted by Crippen LogP contribution is 2.43. The molecular formula is C20H25Br2ClN6O2. The fourth-order valence-corrected chi connectivity index (χ4v) is 4.36. The number of hydrogen-bond donors (Lipinski definition) is 1. The maximum absolute atomic E-state index is 12.6. The minimum absolute atomic E-state index is 0.149. The van der Waals surface area contributed by atoms with Crippen molar-refractivity contribution < 1.29 is 9.53 Å². The molecule has 8 nitrogen and oxygen atoms in total. The topological polar surface area (TPSA) is 93.1 Å². The summed E-state index contributed by atoms with van der Waals surface area (Å²) < 4.78 is 7.27. The normalized spacial score (nSPS) is 22.0. The third kappa shape index (κ3) is 6.98. The molecule has 2 aliphatic rings. The van der Waals surface area contributed by atoms with Gasteiger partial charge in [-0.05, 0) is 89.4 Å². The highest BCUT2D eigenvalue weighted by molar-refractivity contribution is 9.10. The number of likely N-dealkylation sites (tertiary alicyclic amines) is 1. The number of rotatable bonds is 3. The van der Waals surface area contributed by atoms with Crippen molar-refractivity contribution in [2.45, 2.75) is 57.7 Å². The quantitative estimate of drug-likeness (QED) is 0.494. The molecule has 1 saturated heterocycles. The number of fused-ring (bicyclic) bond motifs is 2. The average molecular weight is 577 g/mol. The maximum atomic E-state index is 12.6. The zero-order chi connectivity index (χ0) is 22.6. The van der Waals surface area contributed by atoms with Crippen LogP contribution in [0.25, 0.3) is 0 Å². The Hall–Kier alpha value is -1.52. The number of nitrogens with one attached hydrogen (secondary N) is 1. The summed E-state index contributed by atoms with van der Waals surface area (Å²) in [5, 5.41) is 3.53. The highest BCUT2D eigenvalue weighted by Gasteiger charge is 2.49. The van der Waals surface area contributed by atoms with Gasteiger partial charge in [0.1, 0.15) is 5.60 Å². The van der Waals surface area contributed by atoms with Gasteiger partial charge in [-0.25, -0.2) is 24.7 Å². The second-order valence-corrected chi connectivity index (χ2v) is 10.6. The molecule has 1 aliphatic heterocycles. The van der Waals surface area contributed by atoms with E-state index in [4.69, 9.17) is 16.3 Å². The van der Waals surface area contributed by atoms with Crippen molar-refractivity contribution in [1.82, 2.24) is 24.8 Å². The predicted molar refractivity (Wildman–Crippen MR) is 126 cm³/mol. The zero-order valence-electron chi connectivity index (χ0n) is 17.6. The number of nitrogens with zero attached hydrogens (tertiary/aromatic N) is 5. The van der Waals surface area contributed by atoms with Crippen LogP contribution in [0.5, 0.6) is 0 Å². The highest BCUT2D eigenvalue weighted by atomic mass is 79.9. The molecule has 0 aromatic carbocycles. The molecule has 2 fully saturated rings. The number of anilines is 1. The molecule has 1 amide bonds. The Balaban J connectivity index is 0.000000287. The van der Waals surface area contributed by atoms with Crippen LogP contribution in [-0.4, -0.2) is 55.2 Å². The third-order valence-electron chi connectivity index (χ3n) is 5.02. The van der Waals surface area contributed by atoms with Crippen molar-refractivity contribution in [3.63, 3.8) is 0 Å². The molecule has 0 spiro atoms. The first-order chi connectivity index (χ1) is 14.6. The molecule has 11 heteroatoms. The molecule has 3 heterocycles. The standard InChI is InChI=1S/C16H23BrN4O2.C4H2BrClN2/c1-16(2,3)23-15(22)21-12-5-4-10(6-12)13(21)9-20-14-18-7-11(17)8-19-14;5-3-1-7-4(6)8-2-3/h7-8,10,12-13H,4-6,9H2,1-3H3,(H,18,19,20);1-2H/t10-,12+,13+;/m0./s1. The molecule has 1 N–H and O–H groups in total. The SMILES string of the molecule is CC(C)(C)OC(=O)N1[C@@H]2CC[C@@H](C2)[C@H]1CNc1ncc(Br)cn1.Clc1ncc(Br)cn1. The first-order valence-corrected chi connectivity index (χ1v) is 11.9. The maximum Gasteiger partial charge on any atom is 0.410 e. The first-order valence-electron chi connectivity index (χ1n) is 9.98. The lowest BCUT2D eigenvalue weighted by Gasteiger charge is -2.36. The number of piperidine rings is 1. The van der Waals surface area contributed by atoms with E-state index in [0.29, 0.717) is 24.5 Å². The second-order valence-electron chi connectivity index (χ2n) is 8.46. The van der Waals surface area contributed by atoms with Gasteiger partial charge in [0.25, 0.3) is 0 Å². The van der Waals surface area contributed by atoms with Crippen LogP contribution in [0.3, 0.4) is 0 Å². The summed E-state index contributed by atoms with van der Waals surface area (Å²) in [6, 6.07) is 0.461. The number of carbonyl (C=O) groups is 1. The summed E-state index contributed by atoms with van der Waals surface area (Å²) in [6.07, 6.45) is 9.74. The largest absolute Gasteiger partial charge is 0.444 e. The fourth-order valence-electron chi connectivity index (χ4n) is 3.85. The van der Waals surface area contributed by atoms with E-state index < -0.39 is 5.60 Å². The number of hydrogen-bond acceptors (Lipinski definition) is 7. The van der Waals surface area contributed by atoms with Crippen LogP contribution in [0.2, 0.25) is 5.28 Å². The molecule has 2 aromatic heterocycles. The Morgan fingerprint density at radius 2 is 1.71 bits per heavy atom. The lowest BCUT2D eigenvalue weighted by molar-refractivity contribution is 0.00902. The summed E-state index contributed by atoms with van der Waals surface area (Å²) in [5.41, 5.74) is -0.467. The van der Waals surface area contributed by atoms with Crippen molar-refractivity contribution in [2.75, 3.05) is 11.9 Å². The molecular weight excluding hydrogens is 552 g/mol. The molecule has 0 radical (unpaired) electrons. The van der Waals surface area contributed by atoms with Crippen LogP contribution in [0, 0.1) is 5.92 Å². The minimum Gasteiger partial charge on any atom is -0.444 e. The summed E-state index contributed by atoms with van der Waals surface area (Å²) in [4.78, 5) is 30.3. The summed E-state index contributed by atoms with van der Waals surface area (Å²) >= 11 is 11.9. The lowest BCUT2D eigenvalue weighted by atomic mass is 9.99. The first kappa shape index (κ1) is 24.1. The Bertz CT molecular complexity index is 858. The van der Waals surface area contributed by atoms with E-state index in [1.54, 1.807) is 24.8 Å². The van der Waals surface area contributed by atoms with Crippen LogP contribution < -0.4 is 5.32 Å². The van der Waals surface area contributed by atoms with Crippen molar-refractivity contribution in [3.05, 3.63) is 39.0 Å². The van der Waals surface area contributed by atoms with E-state index in [2.05, 4.69) is 57.1 Å². The van der Waals surface area contributed by atoms with Crippen LogP contribution in [0.15, 0.2) is 33.7 Å². The number of amides is 1. The third-order valence-corrected chi connectivity index (χ3v) is 6.04. The zero-order valence-corrected chi connectivity index (χ0v) is 21.5. The van der Waals surface area contributed by atoms with E-state index in [-0.39, 0.29) is 17.4 Å². The van der Waals surface area contributed by atoms with E-state index in [1.807, 2.05) is 25.7 Å². The van der Waals surface area contributed by atoms with Gasteiger partial charge < -0.3 is 15.0 Å². The van der Waals surface area contributed by atoms with Gasteiger partial charge in [0.05, 0.1) is 15.0 Å². The molecule has 2 bridgehead atoms. The summed E-state index contributed by atoms with van der Waals surface area (Å²) in [5.74, 6) is 1.12. The van der Waals surface area contributed by atoms with Gasteiger partial charge in [0.2, 0.25) is 11.2 Å². The second kappa shape index (κ2) is 10.4. The fraction of sp³-hybridized carbons (Fsp3) is 0.550. The lowest BCUT2D eigenvalue weighted by Crippen LogP contribution is -2.50. The van der Waals surface area contributed by atoms with Crippen LogP contribution in [0.1, 0.15) is 40.0 Å². The van der Waals surface area contributed by atoms with Gasteiger partial charge >= 0.3 is 6.09 Å². The predicted octanol–water partition coefficient (Wildman–Crippen LogP) is 5.33.